The van der Waals surface area contributed by atoms with Crippen molar-refractivity contribution in [2.75, 3.05) is 5.73 Å². The monoisotopic (exact) mass is 296 g/mol. The highest BCUT2D eigenvalue weighted by Gasteiger charge is 2.12. The van der Waals surface area contributed by atoms with E-state index >= 15 is 0 Å². The normalized spacial score (nSPS) is 10.5. The van der Waals surface area contributed by atoms with E-state index in [9.17, 15) is 10.1 Å². The van der Waals surface area contributed by atoms with Gasteiger partial charge in [0.05, 0.1) is 20.8 Å². The summed E-state index contributed by atoms with van der Waals surface area (Å²) in [4.78, 5) is 10.1. The molecule has 88 valence electrons. The van der Waals surface area contributed by atoms with Crippen LogP contribution in [0.5, 0.6) is 0 Å². The Morgan fingerprint density at radius 3 is 2.41 bits per heavy atom. The number of anilines is 1. The van der Waals surface area contributed by atoms with Crippen LogP contribution >= 0.6 is 15.9 Å². The van der Waals surface area contributed by atoms with E-state index < -0.39 is 4.92 Å². The minimum absolute atomic E-state index is 0.0373. The summed E-state index contributed by atoms with van der Waals surface area (Å²) in [6, 6.07) is 6.04. The third-order valence-corrected chi connectivity index (χ3v) is 3.31. The average Bonchev–Trinajstić information content (AvgIpc) is 2.57. The molecule has 17 heavy (non-hydrogen) atoms. The smallest absolute Gasteiger partial charge is 0.269 e. The second-order valence-corrected chi connectivity index (χ2v) is 4.26. The second-order valence-electron chi connectivity index (χ2n) is 3.47. The van der Waals surface area contributed by atoms with Crippen molar-refractivity contribution in [2.45, 2.75) is 6.92 Å². The van der Waals surface area contributed by atoms with Crippen LogP contribution in [-0.4, -0.2) is 14.7 Å². The number of nitro benzene ring substituents is 1. The van der Waals surface area contributed by atoms with Crippen LogP contribution in [0.25, 0.3) is 5.69 Å². The van der Waals surface area contributed by atoms with Gasteiger partial charge in [0, 0.05) is 12.1 Å². The molecule has 2 N–H and O–H groups in total. The van der Waals surface area contributed by atoms with Gasteiger partial charge in [-0.2, -0.15) is 5.10 Å². The number of aromatic nitrogens is 2. The Morgan fingerprint density at radius 1 is 1.41 bits per heavy atom. The minimum atomic E-state index is -0.447. The number of halogens is 1. The van der Waals surface area contributed by atoms with Gasteiger partial charge in [0.15, 0.2) is 0 Å². The fraction of sp³-hybridized carbons (Fsp3) is 0.100. The highest BCUT2D eigenvalue weighted by atomic mass is 79.9. The molecule has 0 amide bonds. The van der Waals surface area contributed by atoms with Crippen molar-refractivity contribution in [1.82, 2.24) is 9.78 Å². The molecule has 7 heteroatoms. The van der Waals surface area contributed by atoms with Gasteiger partial charge in [-0.3, -0.25) is 10.1 Å². The Labute approximate surface area is 105 Å². The first kappa shape index (κ1) is 11.6. The zero-order chi connectivity index (χ0) is 12.6. The zero-order valence-electron chi connectivity index (χ0n) is 8.92. The fourth-order valence-electron chi connectivity index (χ4n) is 1.44. The van der Waals surface area contributed by atoms with Gasteiger partial charge in [-0.15, -0.1) is 0 Å². The molecule has 0 atom stereocenters. The van der Waals surface area contributed by atoms with Gasteiger partial charge in [0.2, 0.25) is 0 Å². The molecule has 0 saturated heterocycles. The number of rotatable bonds is 2. The summed E-state index contributed by atoms with van der Waals surface area (Å²) < 4.78 is 2.26. The van der Waals surface area contributed by atoms with Crippen molar-refractivity contribution in [3.8, 4) is 5.69 Å². The average molecular weight is 297 g/mol. The predicted molar refractivity (Wildman–Crippen MR) is 67.1 cm³/mol. The first-order valence-electron chi connectivity index (χ1n) is 4.76. The maximum absolute atomic E-state index is 10.5. The summed E-state index contributed by atoms with van der Waals surface area (Å²) in [6.07, 6.45) is 0. The molecule has 6 nitrogen and oxygen atoms in total. The summed E-state index contributed by atoms with van der Waals surface area (Å²) in [7, 11) is 0. The third kappa shape index (κ3) is 2.01. The number of nitrogens with two attached hydrogens (primary N) is 1. The Hall–Kier alpha value is -1.89. The number of nitro groups is 1. The van der Waals surface area contributed by atoms with Gasteiger partial charge >= 0.3 is 0 Å². The molecular formula is C10H9BrN4O2. The highest BCUT2D eigenvalue weighted by molar-refractivity contribution is 9.10. The Bertz CT molecular complexity index is 577. The van der Waals surface area contributed by atoms with Crippen molar-refractivity contribution in [2.24, 2.45) is 0 Å². The first-order valence-corrected chi connectivity index (χ1v) is 5.55. The number of nitrogen functional groups attached to an aromatic ring is 1. The molecule has 0 unspecified atom stereocenters. The van der Waals surface area contributed by atoms with E-state index in [1.807, 2.05) is 6.92 Å². The molecule has 1 aromatic heterocycles. The lowest BCUT2D eigenvalue weighted by atomic mass is 10.3. The number of nitrogens with zero attached hydrogens (tertiary/aromatic N) is 3. The first-order chi connectivity index (χ1) is 8.00. The Balaban J connectivity index is 2.47. The van der Waals surface area contributed by atoms with E-state index in [1.54, 1.807) is 12.1 Å². The van der Waals surface area contributed by atoms with E-state index in [2.05, 4.69) is 21.0 Å². The summed E-state index contributed by atoms with van der Waals surface area (Å²) in [5.74, 6) is 0.469. The summed E-state index contributed by atoms with van der Waals surface area (Å²) >= 11 is 3.32. The van der Waals surface area contributed by atoms with Crippen LogP contribution in [0.1, 0.15) is 5.69 Å². The molecule has 1 aromatic carbocycles. The van der Waals surface area contributed by atoms with Crippen molar-refractivity contribution in [3.63, 3.8) is 0 Å². The molecule has 0 spiro atoms. The number of aryl methyl sites for hydroxylation is 1. The van der Waals surface area contributed by atoms with Gasteiger partial charge in [-0.25, -0.2) is 4.68 Å². The molecule has 0 aliphatic carbocycles. The summed E-state index contributed by atoms with van der Waals surface area (Å²) in [6.45, 7) is 1.82. The van der Waals surface area contributed by atoms with Crippen molar-refractivity contribution in [3.05, 3.63) is 44.5 Å². The van der Waals surface area contributed by atoms with Crippen LogP contribution in [0.15, 0.2) is 28.7 Å². The quantitative estimate of drug-likeness (QED) is 0.681. The van der Waals surface area contributed by atoms with Crippen molar-refractivity contribution >= 4 is 27.4 Å². The van der Waals surface area contributed by atoms with Crippen LogP contribution in [0.4, 0.5) is 11.5 Å². The van der Waals surface area contributed by atoms with Gasteiger partial charge < -0.3 is 5.73 Å². The predicted octanol–water partition coefficient (Wildman–Crippen LogP) is 2.43. The standard InChI is InChI=1S/C10H9BrN4O2/c1-6-9(11)10(12)14(13-6)7-2-4-8(5-3-7)15(16)17/h2-5H,12H2,1H3. The SMILES string of the molecule is Cc1nn(-c2ccc([N+](=O)[O-])cc2)c(N)c1Br. The molecule has 0 aliphatic rings. The van der Waals surface area contributed by atoms with E-state index in [0.717, 1.165) is 10.2 Å². The molecule has 1 heterocycles. The Morgan fingerprint density at radius 2 is 2.00 bits per heavy atom. The lowest BCUT2D eigenvalue weighted by Crippen LogP contribution is -2.02. The molecule has 0 aliphatic heterocycles. The third-order valence-electron chi connectivity index (χ3n) is 2.33. The largest absolute Gasteiger partial charge is 0.383 e. The molecule has 0 fully saturated rings. The molecule has 0 radical (unpaired) electrons. The molecule has 2 aromatic rings. The van der Waals surface area contributed by atoms with Gasteiger partial charge in [-0.05, 0) is 35.0 Å². The molecule has 2 rings (SSSR count). The van der Waals surface area contributed by atoms with Gasteiger partial charge in [0.1, 0.15) is 5.82 Å². The van der Waals surface area contributed by atoms with E-state index in [-0.39, 0.29) is 5.69 Å². The highest BCUT2D eigenvalue weighted by Crippen LogP contribution is 2.26. The Kier molecular flexibility index (Phi) is 2.84. The lowest BCUT2D eigenvalue weighted by molar-refractivity contribution is -0.384. The van der Waals surface area contributed by atoms with Crippen LogP contribution in [0.3, 0.4) is 0 Å². The van der Waals surface area contributed by atoms with E-state index in [0.29, 0.717) is 11.5 Å². The fourth-order valence-corrected chi connectivity index (χ4v) is 1.69. The van der Waals surface area contributed by atoms with Crippen LogP contribution in [-0.2, 0) is 0 Å². The van der Waals surface area contributed by atoms with Crippen LogP contribution in [0, 0.1) is 17.0 Å². The van der Waals surface area contributed by atoms with Gasteiger partial charge in [0.25, 0.3) is 5.69 Å². The number of hydrogen-bond acceptors (Lipinski definition) is 4. The van der Waals surface area contributed by atoms with Crippen LogP contribution in [0.2, 0.25) is 0 Å². The zero-order valence-corrected chi connectivity index (χ0v) is 10.5. The van der Waals surface area contributed by atoms with Gasteiger partial charge in [-0.1, -0.05) is 0 Å². The number of benzene rings is 1. The van der Waals surface area contributed by atoms with Crippen LogP contribution < -0.4 is 5.73 Å². The molecule has 0 bridgehead atoms. The van der Waals surface area contributed by atoms with Crippen molar-refractivity contribution in [1.29, 1.82) is 0 Å². The maximum Gasteiger partial charge on any atom is 0.269 e. The molecular weight excluding hydrogens is 288 g/mol. The van der Waals surface area contributed by atoms with Crippen molar-refractivity contribution < 1.29 is 4.92 Å². The second kappa shape index (κ2) is 4.17. The minimum Gasteiger partial charge on any atom is -0.383 e. The maximum atomic E-state index is 10.5. The molecule has 0 saturated carbocycles. The summed E-state index contributed by atoms with van der Waals surface area (Å²) in [5, 5.41) is 14.8. The lowest BCUT2D eigenvalue weighted by Gasteiger charge is -2.03. The van der Waals surface area contributed by atoms with E-state index in [1.165, 1.54) is 16.8 Å². The number of non-ortho nitro benzene ring substituents is 1. The summed E-state index contributed by atoms with van der Waals surface area (Å²) in [5.41, 5.74) is 7.34. The number of hydrogen-bond donors (Lipinski definition) is 1. The van der Waals surface area contributed by atoms with E-state index in [4.69, 9.17) is 5.73 Å². The topological polar surface area (TPSA) is 87.0 Å².